The Balaban J connectivity index is 1.87. The number of nitrogens with one attached hydrogen (secondary N) is 1. The molecule has 2 rings (SSSR count). The maximum atomic E-state index is 5.99. The fourth-order valence-electron chi connectivity index (χ4n) is 4.07. The quantitative estimate of drug-likeness (QED) is 0.375. The molecule has 1 heterocycles. The number of methoxy groups -OCH3 is 1. The molecule has 1 N–H and O–H groups in total. The Labute approximate surface area is 171 Å². The van der Waals surface area contributed by atoms with Crippen molar-refractivity contribution >= 4 is 5.96 Å². The van der Waals surface area contributed by atoms with E-state index in [1.165, 1.54) is 5.56 Å². The molecular weight excluding hydrogens is 350 g/mol. The van der Waals surface area contributed by atoms with Crippen molar-refractivity contribution in [3.05, 3.63) is 35.9 Å². The van der Waals surface area contributed by atoms with Crippen LogP contribution in [0.25, 0.3) is 0 Å². The number of ether oxygens (including phenoxy) is 2. The molecule has 0 radical (unpaired) electrons. The third-order valence-corrected chi connectivity index (χ3v) is 6.12. The number of likely N-dealkylation sites (tertiary alicyclic amines) is 1. The van der Waals surface area contributed by atoms with Crippen LogP contribution >= 0.6 is 0 Å². The van der Waals surface area contributed by atoms with Crippen LogP contribution in [0.1, 0.15) is 51.5 Å². The summed E-state index contributed by atoms with van der Waals surface area (Å²) >= 11 is 0. The summed E-state index contributed by atoms with van der Waals surface area (Å²) in [7, 11) is 3.62. The van der Waals surface area contributed by atoms with Crippen LogP contribution in [0.3, 0.4) is 0 Å². The van der Waals surface area contributed by atoms with Gasteiger partial charge >= 0.3 is 0 Å². The normalized spacial score (nSPS) is 16.4. The van der Waals surface area contributed by atoms with Crippen molar-refractivity contribution in [3.8, 4) is 0 Å². The maximum absolute atomic E-state index is 5.99. The van der Waals surface area contributed by atoms with Crippen LogP contribution in [0.4, 0.5) is 0 Å². The number of nitrogens with zero attached hydrogens (tertiary/aromatic N) is 2. The molecule has 1 aromatic rings. The molecule has 0 aromatic heterocycles. The third kappa shape index (κ3) is 6.21. The third-order valence-electron chi connectivity index (χ3n) is 6.12. The molecule has 158 valence electrons. The van der Waals surface area contributed by atoms with Gasteiger partial charge in [0, 0.05) is 52.4 Å². The van der Waals surface area contributed by atoms with Gasteiger partial charge in [0.2, 0.25) is 0 Å². The summed E-state index contributed by atoms with van der Waals surface area (Å²) in [4.78, 5) is 6.93. The summed E-state index contributed by atoms with van der Waals surface area (Å²) in [5.74, 6) is 1.01. The molecule has 1 aliphatic rings. The van der Waals surface area contributed by atoms with Crippen molar-refractivity contribution in [2.24, 2.45) is 4.99 Å². The van der Waals surface area contributed by atoms with E-state index in [0.29, 0.717) is 6.10 Å². The van der Waals surface area contributed by atoms with Crippen LogP contribution in [0.5, 0.6) is 0 Å². The Morgan fingerprint density at radius 2 is 1.82 bits per heavy atom. The first kappa shape index (κ1) is 22.7. The molecule has 0 aliphatic carbocycles. The number of hydrogen-bond donors (Lipinski definition) is 1. The standard InChI is InChI=1S/C23H39N3O2/c1-5-23(6-2,20-11-8-7-9-12-20)19-25-22(24-3)26-15-13-21(14-16-26)28-18-10-17-27-4/h7-9,11-12,21H,5-6,10,13-19H2,1-4H3,(H,24,25). The summed E-state index contributed by atoms with van der Waals surface area (Å²) in [5.41, 5.74) is 1.55. The van der Waals surface area contributed by atoms with Crippen molar-refractivity contribution in [3.63, 3.8) is 0 Å². The van der Waals surface area contributed by atoms with Gasteiger partial charge in [0.15, 0.2) is 5.96 Å². The Morgan fingerprint density at radius 1 is 1.14 bits per heavy atom. The molecule has 5 heteroatoms. The summed E-state index contributed by atoms with van der Waals surface area (Å²) in [5, 5.41) is 3.67. The Hall–Kier alpha value is -1.59. The van der Waals surface area contributed by atoms with Crippen LogP contribution < -0.4 is 5.32 Å². The van der Waals surface area contributed by atoms with Gasteiger partial charge in [-0.3, -0.25) is 4.99 Å². The molecule has 5 nitrogen and oxygen atoms in total. The van der Waals surface area contributed by atoms with Gasteiger partial charge in [0.25, 0.3) is 0 Å². The molecule has 1 fully saturated rings. The zero-order valence-electron chi connectivity index (χ0n) is 18.2. The van der Waals surface area contributed by atoms with Crippen molar-refractivity contribution in [2.45, 2.75) is 57.5 Å². The fourth-order valence-corrected chi connectivity index (χ4v) is 4.07. The summed E-state index contributed by atoms with van der Waals surface area (Å²) in [6, 6.07) is 10.9. The van der Waals surface area contributed by atoms with Crippen LogP contribution in [0, 0.1) is 0 Å². The highest BCUT2D eigenvalue weighted by Gasteiger charge is 2.29. The van der Waals surface area contributed by atoms with Gasteiger partial charge in [-0.25, -0.2) is 0 Å². The highest BCUT2D eigenvalue weighted by molar-refractivity contribution is 5.80. The van der Waals surface area contributed by atoms with Gasteiger partial charge in [-0.05, 0) is 37.7 Å². The molecule has 0 saturated carbocycles. The summed E-state index contributed by atoms with van der Waals surface area (Å²) in [6.07, 6.45) is 5.65. The van der Waals surface area contributed by atoms with E-state index in [2.05, 4.69) is 59.4 Å². The van der Waals surface area contributed by atoms with Crippen molar-refractivity contribution < 1.29 is 9.47 Å². The first-order chi connectivity index (χ1) is 13.7. The highest BCUT2D eigenvalue weighted by Crippen LogP contribution is 2.31. The second-order valence-corrected chi connectivity index (χ2v) is 7.66. The van der Waals surface area contributed by atoms with E-state index in [1.807, 2.05) is 7.05 Å². The van der Waals surface area contributed by atoms with Gasteiger partial charge in [0.1, 0.15) is 0 Å². The largest absolute Gasteiger partial charge is 0.385 e. The SMILES string of the molecule is CCC(CC)(CNC(=NC)N1CCC(OCCCOC)CC1)c1ccccc1. The van der Waals surface area contributed by atoms with E-state index in [1.54, 1.807) is 7.11 Å². The van der Waals surface area contributed by atoms with E-state index >= 15 is 0 Å². The molecular formula is C23H39N3O2. The highest BCUT2D eigenvalue weighted by atomic mass is 16.5. The van der Waals surface area contributed by atoms with Gasteiger partial charge < -0.3 is 19.7 Å². The van der Waals surface area contributed by atoms with E-state index in [-0.39, 0.29) is 5.41 Å². The predicted molar refractivity (Wildman–Crippen MR) is 117 cm³/mol. The molecule has 0 spiro atoms. The lowest BCUT2D eigenvalue weighted by Gasteiger charge is -2.37. The Morgan fingerprint density at radius 3 is 2.39 bits per heavy atom. The summed E-state index contributed by atoms with van der Waals surface area (Å²) < 4.78 is 11.1. The smallest absolute Gasteiger partial charge is 0.193 e. The number of aliphatic imine (C=N–C) groups is 1. The van der Waals surface area contributed by atoms with Crippen LogP contribution in [0.2, 0.25) is 0 Å². The van der Waals surface area contributed by atoms with Gasteiger partial charge in [-0.2, -0.15) is 0 Å². The number of hydrogen-bond acceptors (Lipinski definition) is 3. The minimum Gasteiger partial charge on any atom is -0.385 e. The molecule has 0 unspecified atom stereocenters. The van der Waals surface area contributed by atoms with E-state index < -0.39 is 0 Å². The molecule has 0 bridgehead atoms. The van der Waals surface area contributed by atoms with Gasteiger partial charge in [0.05, 0.1) is 6.10 Å². The molecule has 1 saturated heterocycles. The Bertz CT molecular complexity index is 564. The second-order valence-electron chi connectivity index (χ2n) is 7.66. The average Bonchev–Trinajstić information content (AvgIpc) is 2.76. The minimum atomic E-state index is 0.139. The van der Waals surface area contributed by atoms with Crippen molar-refractivity contribution in [2.75, 3.05) is 47.0 Å². The van der Waals surface area contributed by atoms with Crippen LogP contribution in [-0.4, -0.2) is 64.0 Å². The van der Waals surface area contributed by atoms with E-state index in [4.69, 9.17) is 9.47 Å². The van der Waals surface area contributed by atoms with Gasteiger partial charge in [-0.15, -0.1) is 0 Å². The first-order valence-electron chi connectivity index (χ1n) is 10.8. The number of guanidine groups is 1. The predicted octanol–water partition coefficient (Wildman–Crippen LogP) is 3.84. The summed E-state index contributed by atoms with van der Waals surface area (Å²) in [6.45, 7) is 9.02. The van der Waals surface area contributed by atoms with E-state index in [9.17, 15) is 0 Å². The first-order valence-corrected chi connectivity index (χ1v) is 10.8. The zero-order valence-corrected chi connectivity index (χ0v) is 18.2. The number of benzene rings is 1. The minimum absolute atomic E-state index is 0.139. The molecule has 1 aromatic carbocycles. The van der Waals surface area contributed by atoms with Crippen LogP contribution in [0.15, 0.2) is 35.3 Å². The molecule has 0 atom stereocenters. The lowest BCUT2D eigenvalue weighted by atomic mass is 9.76. The monoisotopic (exact) mass is 389 g/mol. The van der Waals surface area contributed by atoms with E-state index in [0.717, 1.165) is 70.9 Å². The topological polar surface area (TPSA) is 46.1 Å². The molecule has 28 heavy (non-hydrogen) atoms. The molecule has 1 aliphatic heterocycles. The van der Waals surface area contributed by atoms with Gasteiger partial charge in [-0.1, -0.05) is 44.2 Å². The second kappa shape index (κ2) is 12.1. The number of rotatable bonds is 10. The Kier molecular flexibility index (Phi) is 9.79. The van der Waals surface area contributed by atoms with Crippen molar-refractivity contribution in [1.82, 2.24) is 10.2 Å². The lowest BCUT2D eigenvalue weighted by molar-refractivity contribution is 0.00986. The molecule has 0 amide bonds. The maximum Gasteiger partial charge on any atom is 0.193 e. The van der Waals surface area contributed by atoms with Crippen molar-refractivity contribution in [1.29, 1.82) is 0 Å². The fraction of sp³-hybridized carbons (Fsp3) is 0.696. The zero-order chi connectivity index (χ0) is 20.2. The number of piperidine rings is 1. The van der Waals surface area contributed by atoms with Crippen LogP contribution in [-0.2, 0) is 14.9 Å². The average molecular weight is 390 g/mol. The lowest BCUT2D eigenvalue weighted by Crippen LogP contribution is -2.50.